The van der Waals surface area contributed by atoms with E-state index in [0.717, 1.165) is 6.42 Å². The number of rotatable bonds is 10. The first kappa shape index (κ1) is 42.0. The highest BCUT2D eigenvalue weighted by atomic mass is 32.2. The Morgan fingerprint density at radius 1 is 1.10 bits per heavy atom. The van der Waals surface area contributed by atoms with Crippen LogP contribution in [0.3, 0.4) is 0 Å². The Hall–Kier alpha value is -5.10. The van der Waals surface area contributed by atoms with Crippen LogP contribution in [0.2, 0.25) is 0 Å². The standard InChI is InChI=1S/C41H51N7O9S2/c1-23(2)56-33-11-10-26(21-43-33)30-17-28(18-31(44-30)36-42-14-15-58-36)57-29-19-32-35(49)46-41(38(51)47-59(54,55)40(5)12-13-40)20-27(41)9-7-6-8-24(3)16-25(4)34(45-39(52)53)37(50)48(32)22-29/h7,9-11,14-15,17-18,21,23-25,27,29,32,34,45H,6,8,12-13,16,19-20,22H2,1-5H3,(H,46,49)(H,47,51)(H,52,53)/b9-7-/t24-,25-,27-,29-,32+,34+,41?/m1/s1. The van der Waals surface area contributed by atoms with E-state index in [1.54, 1.807) is 37.5 Å². The lowest BCUT2D eigenvalue weighted by Crippen LogP contribution is -2.59. The number of carbonyl (C=O) groups excluding carboxylic acids is 3. The molecule has 3 fully saturated rings. The first-order valence-electron chi connectivity index (χ1n) is 20.0. The Labute approximate surface area is 347 Å². The largest absolute Gasteiger partial charge is 0.488 e. The van der Waals surface area contributed by atoms with Crippen molar-refractivity contribution in [2.75, 3.05) is 6.54 Å². The summed E-state index contributed by atoms with van der Waals surface area (Å²) in [5.41, 5.74) is 0.172. The van der Waals surface area contributed by atoms with Gasteiger partial charge >= 0.3 is 6.09 Å². The van der Waals surface area contributed by atoms with E-state index in [1.807, 2.05) is 51.3 Å². The molecule has 4 N–H and O–H groups in total. The highest BCUT2D eigenvalue weighted by Crippen LogP contribution is 2.47. The van der Waals surface area contributed by atoms with Gasteiger partial charge in [0.15, 0.2) is 0 Å². The van der Waals surface area contributed by atoms with E-state index < -0.39 is 74.1 Å². The summed E-state index contributed by atoms with van der Waals surface area (Å²) in [6.07, 6.45) is 7.78. The van der Waals surface area contributed by atoms with Crippen molar-refractivity contribution in [1.29, 1.82) is 0 Å². The van der Waals surface area contributed by atoms with E-state index in [4.69, 9.17) is 14.5 Å². The Morgan fingerprint density at radius 3 is 2.53 bits per heavy atom. The van der Waals surface area contributed by atoms with Crippen molar-refractivity contribution in [3.8, 4) is 33.6 Å². The average Bonchev–Trinajstić information content (AvgIpc) is 3.92. The van der Waals surface area contributed by atoms with Crippen molar-refractivity contribution in [3.63, 3.8) is 0 Å². The maximum atomic E-state index is 14.6. The monoisotopic (exact) mass is 849 g/mol. The van der Waals surface area contributed by atoms with E-state index in [-0.39, 0.29) is 31.4 Å². The van der Waals surface area contributed by atoms with Gasteiger partial charge in [-0.1, -0.05) is 26.0 Å². The van der Waals surface area contributed by atoms with Crippen LogP contribution in [0, 0.1) is 17.8 Å². The highest BCUT2D eigenvalue weighted by molar-refractivity contribution is 7.91. The van der Waals surface area contributed by atoms with Crippen LogP contribution in [0.15, 0.2) is 54.2 Å². The smallest absolute Gasteiger partial charge is 0.405 e. The minimum absolute atomic E-state index is 0.0102. The number of carbonyl (C=O) groups is 4. The molecule has 16 nitrogen and oxygen atoms in total. The summed E-state index contributed by atoms with van der Waals surface area (Å²) >= 11 is 1.39. The summed E-state index contributed by atoms with van der Waals surface area (Å²) in [4.78, 5) is 70.2. The number of fused-ring (bicyclic) bond motifs is 2. The van der Waals surface area contributed by atoms with Gasteiger partial charge in [0.2, 0.25) is 27.7 Å². The molecule has 3 aromatic rings. The Kier molecular flexibility index (Phi) is 11.8. The molecule has 18 heteroatoms. The fourth-order valence-corrected chi connectivity index (χ4v) is 9.86. The fourth-order valence-electron chi connectivity index (χ4n) is 7.95. The number of pyridine rings is 2. The molecule has 4 aliphatic rings. The van der Waals surface area contributed by atoms with Gasteiger partial charge in [-0.25, -0.2) is 28.2 Å². The van der Waals surface area contributed by atoms with Gasteiger partial charge in [0, 0.05) is 53.9 Å². The lowest BCUT2D eigenvalue weighted by molar-refractivity contribution is -0.142. The molecule has 4 amide bonds. The molecule has 2 aliphatic carbocycles. The van der Waals surface area contributed by atoms with Crippen molar-refractivity contribution in [3.05, 3.63) is 54.2 Å². The molecule has 0 radical (unpaired) electrons. The third kappa shape index (κ3) is 9.22. The molecule has 7 rings (SSSR count). The zero-order valence-corrected chi connectivity index (χ0v) is 35.3. The van der Waals surface area contributed by atoms with Crippen LogP contribution in [0.1, 0.15) is 79.6 Å². The van der Waals surface area contributed by atoms with Crippen LogP contribution in [0.25, 0.3) is 22.0 Å². The van der Waals surface area contributed by atoms with Gasteiger partial charge in [-0.3, -0.25) is 19.1 Å². The SMILES string of the molecule is CC(C)Oc1ccc(-c2cc(O[C@@H]3C[C@H]4C(=O)NC5(C(=O)NS(=O)(=O)C6(C)CC6)C[C@H]5/C=C\CC[C@@H](C)C[C@@H](C)[C@H](NC(=O)O)C(=O)N4C3)cc(-c3nccs3)n2)cn1. The molecule has 59 heavy (non-hydrogen) atoms. The predicted molar refractivity (Wildman–Crippen MR) is 219 cm³/mol. The molecule has 7 atom stereocenters. The molecule has 0 aromatic carbocycles. The van der Waals surface area contributed by atoms with Crippen LogP contribution < -0.4 is 24.8 Å². The zero-order chi connectivity index (χ0) is 42.3. The number of amides is 4. The highest BCUT2D eigenvalue weighted by Gasteiger charge is 2.63. The number of nitrogens with one attached hydrogen (secondary N) is 3. The van der Waals surface area contributed by atoms with Gasteiger partial charge in [0.1, 0.15) is 40.2 Å². The van der Waals surface area contributed by atoms with Gasteiger partial charge in [0.05, 0.1) is 23.1 Å². The second-order valence-electron chi connectivity index (χ2n) is 16.9. The molecule has 1 unspecified atom stereocenters. The third-order valence-corrected chi connectivity index (χ3v) is 14.6. The molecular weight excluding hydrogens is 799 g/mol. The summed E-state index contributed by atoms with van der Waals surface area (Å²) in [7, 11) is -4.02. The van der Waals surface area contributed by atoms with Gasteiger partial charge < -0.3 is 30.1 Å². The van der Waals surface area contributed by atoms with E-state index in [1.165, 1.54) is 16.2 Å². The van der Waals surface area contributed by atoms with Crippen LogP contribution in [-0.2, 0) is 24.4 Å². The van der Waals surface area contributed by atoms with Crippen LogP contribution >= 0.6 is 11.3 Å². The quantitative estimate of drug-likeness (QED) is 0.200. The molecule has 1 saturated heterocycles. The summed E-state index contributed by atoms with van der Waals surface area (Å²) in [5, 5.41) is 17.6. The van der Waals surface area contributed by atoms with E-state index in [9.17, 15) is 32.7 Å². The number of ether oxygens (including phenoxy) is 2. The summed E-state index contributed by atoms with van der Waals surface area (Å²) < 4.78 is 39.9. The van der Waals surface area contributed by atoms with Crippen LogP contribution in [0.4, 0.5) is 4.79 Å². The Balaban J connectivity index is 1.22. The van der Waals surface area contributed by atoms with Crippen molar-refractivity contribution < 1.29 is 42.2 Å². The number of nitrogens with zero attached hydrogens (tertiary/aromatic N) is 4. The average molecular weight is 850 g/mol. The maximum Gasteiger partial charge on any atom is 0.405 e. The lowest BCUT2D eigenvalue weighted by atomic mass is 9.88. The summed E-state index contributed by atoms with van der Waals surface area (Å²) in [6.45, 7) is 9.15. The Morgan fingerprint density at radius 2 is 1.86 bits per heavy atom. The molecule has 5 heterocycles. The molecule has 2 saturated carbocycles. The maximum absolute atomic E-state index is 14.6. The van der Waals surface area contributed by atoms with Crippen LogP contribution in [-0.4, -0.2) is 98.3 Å². The number of hydrogen-bond donors (Lipinski definition) is 4. The van der Waals surface area contributed by atoms with Gasteiger partial charge in [0.25, 0.3) is 5.91 Å². The number of hydrogen-bond acceptors (Lipinski definition) is 12. The van der Waals surface area contributed by atoms with Gasteiger partial charge in [-0.2, -0.15) is 0 Å². The number of aromatic nitrogens is 3. The summed E-state index contributed by atoms with van der Waals surface area (Å²) in [6, 6.07) is 4.67. The second-order valence-corrected chi connectivity index (χ2v) is 19.9. The number of allylic oxidation sites excluding steroid dienone is 1. The number of sulfonamides is 1. The van der Waals surface area contributed by atoms with Crippen molar-refractivity contribution >= 4 is 45.2 Å². The van der Waals surface area contributed by atoms with Crippen LogP contribution in [0.5, 0.6) is 11.6 Å². The molecular formula is C41H51N7O9S2. The van der Waals surface area contributed by atoms with Crippen molar-refractivity contribution in [2.45, 2.75) is 114 Å². The van der Waals surface area contributed by atoms with Crippen molar-refractivity contribution in [1.82, 2.24) is 35.2 Å². The molecule has 3 aromatic heterocycles. The zero-order valence-electron chi connectivity index (χ0n) is 33.7. The normalized spacial score (nSPS) is 28.5. The number of thiazole rings is 1. The fraction of sp³-hybridized carbons (Fsp3) is 0.537. The van der Waals surface area contributed by atoms with E-state index in [0.29, 0.717) is 59.3 Å². The topological polar surface area (TPSA) is 219 Å². The van der Waals surface area contributed by atoms with E-state index in [2.05, 4.69) is 25.3 Å². The minimum atomic E-state index is -4.02. The van der Waals surface area contributed by atoms with E-state index >= 15 is 0 Å². The third-order valence-electron chi connectivity index (χ3n) is 11.7. The first-order chi connectivity index (χ1) is 28.0. The Bertz CT molecular complexity index is 2210. The number of carboxylic acid groups (broad SMARTS) is 1. The minimum Gasteiger partial charge on any atom is -0.488 e. The summed E-state index contributed by atoms with van der Waals surface area (Å²) in [5.74, 6) is -2.07. The van der Waals surface area contributed by atoms with Gasteiger partial charge in [-0.05, 0) is 77.2 Å². The molecule has 2 aliphatic heterocycles. The molecule has 0 spiro atoms. The first-order valence-corrected chi connectivity index (χ1v) is 22.4. The predicted octanol–water partition coefficient (Wildman–Crippen LogP) is 4.92. The lowest BCUT2D eigenvalue weighted by Gasteiger charge is -2.32. The second kappa shape index (κ2) is 16.5. The van der Waals surface area contributed by atoms with Gasteiger partial charge in [-0.15, -0.1) is 11.3 Å². The molecule has 0 bridgehead atoms. The molecule has 316 valence electrons. The van der Waals surface area contributed by atoms with Crippen molar-refractivity contribution in [2.24, 2.45) is 17.8 Å².